The lowest BCUT2D eigenvalue weighted by Gasteiger charge is -2.19. The smallest absolute Gasteiger partial charge is 0.130 e. The Labute approximate surface area is 114 Å². The van der Waals surface area contributed by atoms with Crippen molar-refractivity contribution in [2.45, 2.75) is 39.5 Å². The van der Waals surface area contributed by atoms with Crippen LogP contribution < -0.4 is 5.73 Å². The summed E-state index contributed by atoms with van der Waals surface area (Å²) in [5, 5.41) is 0. The molecule has 1 aromatic carbocycles. The van der Waals surface area contributed by atoms with Gasteiger partial charge in [0.05, 0.1) is 5.69 Å². The maximum Gasteiger partial charge on any atom is 0.130 e. The quantitative estimate of drug-likeness (QED) is 0.892. The Hall–Kier alpha value is -1.90. The number of hydrogen-bond acceptors (Lipinski definition) is 3. The van der Waals surface area contributed by atoms with Crippen molar-refractivity contribution < 1.29 is 0 Å². The molecule has 0 radical (unpaired) electrons. The van der Waals surface area contributed by atoms with E-state index in [9.17, 15) is 0 Å². The van der Waals surface area contributed by atoms with E-state index in [2.05, 4.69) is 61.9 Å². The molecular weight excluding hydrogens is 234 g/mol. The second kappa shape index (κ2) is 5.00. The van der Waals surface area contributed by atoms with Gasteiger partial charge in [0.15, 0.2) is 0 Å². The topological polar surface area (TPSA) is 51.8 Å². The Bertz CT molecular complexity index is 566. The molecule has 1 heterocycles. The van der Waals surface area contributed by atoms with Crippen LogP contribution in [0.15, 0.2) is 30.6 Å². The number of hydrogen-bond donors (Lipinski definition) is 1. The average Bonchev–Trinajstić information content (AvgIpc) is 2.37. The minimum Gasteiger partial charge on any atom is -0.383 e. The first-order valence-corrected chi connectivity index (χ1v) is 6.63. The third kappa shape index (κ3) is 2.75. The molecule has 1 aromatic heterocycles. The lowest BCUT2D eigenvalue weighted by molar-refractivity contribution is 0.590. The number of aromatic nitrogens is 2. The SMILES string of the molecule is CCc1c(N)ncnc1-c1ccc(C(C)(C)C)cc1. The van der Waals surface area contributed by atoms with Gasteiger partial charge in [-0.05, 0) is 17.4 Å². The van der Waals surface area contributed by atoms with Gasteiger partial charge in [-0.15, -0.1) is 0 Å². The maximum atomic E-state index is 5.92. The number of nitrogens with zero attached hydrogens (tertiary/aromatic N) is 2. The molecule has 0 aliphatic heterocycles. The molecule has 0 spiro atoms. The van der Waals surface area contributed by atoms with E-state index in [4.69, 9.17) is 5.73 Å². The first kappa shape index (κ1) is 13.5. The van der Waals surface area contributed by atoms with Gasteiger partial charge >= 0.3 is 0 Å². The van der Waals surface area contributed by atoms with Crippen LogP contribution in [-0.4, -0.2) is 9.97 Å². The predicted molar refractivity (Wildman–Crippen MR) is 80.0 cm³/mol. The fraction of sp³-hybridized carbons (Fsp3) is 0.375. The van der Waals surface area contributed by atoms with E-state index < -0.39 is 0 Å². The van der Waals surface area contributed by atoms with Crippen molar-refractivity contribution in [1.29, 1.82) is 0 Å². The summed E-state index contributed by atoms with van der Waals surface area (Å²) in [7, 11) is 0. The van der Waals surface area contributed by atoms with E-state index in [0.29, 0.717) is 5.82 Å². The van der Waals surface area contributed by atoms with Crippen molar-refractivity contribution in [3.8, 4) is 11.3 Å². The molecular formula is C16H21N3. The van der Waals surface area contributed by atoms with Crippen LogP contribution in [0.3, 0.4) is 0 Å². The van der Waals surface area contributed by atoms with Crippen LogP contribution in [-0.2, 0) is 11.8 Å². The number of anilines is 1. The number of rotatable bonds is 2. The molecule has 100 valence electrons. The second-order valence-electron chi connectivity index (χ2n) is 5.77. The third-order valence-electron chi connectivity index (χ3n) is 3.36. The van der Waals surface area contributed by atoms with Crippen LogP contribution in [0.5, 0.6) is 0 Å². The predicted octanol–water partition coefficient (Wildman–Crippen LogP) is 3.59. The van der Waals surface area contributed by atoms with Gasteiger partial charge < -0.3 is 5.73 Å². The van der Waals surface area contributed by atoms with E-state index in [-0.39, 0.29) is 5.41 Å². The Morgan fingerprint density at radius 2 is 1.68 bits per heavy atom. The van der Waals surface area contributed by atoms with Crippen molar-refractivity contribution in [1.82, 2.24) is 9.97 Å². The van der Waals surface area contributed by atoms with Gasteiger partial charge in [-0.3, -0.25) is 0 Å². The van der Waals surface area contributed by atoms with Crippen molar-refractivity contribution in [3.05, 3.63) is 41.7 Å². The summed E-state index contributed by atoms with van der Waals surface area (Å²) in [6.07, 6.45) is 2.37. The zero-order valence-electron chi connectivity index (χ0n) is 12.1. The largest absolute Gasteiger partial charge is 0.383 e. The first-order valence-electron chi connectivity index (χ1n) is 6.63. The van der Waals surface area contributed by atoms with Crippen LogP contribution >= 0.6 is 0 Å². The monoisotopic (exact) mass is 255 g/mol. The van der Waals surface area contributed by atoms with Gasteiger partial charge in [0.25, 0.3) is 0 Å². The first-order chi connectivity index (χ1) is 8.93. The van der Waals surface area contributed by atoms with Crippen molar-refractivity contribution >= 4 is 5.82 Å². The molecule has 0 aliphatic rings. The summed E-state index contributed by atoms with van der Waals surface area (Å²) >= 11 is 0. The summed E-state index contributed by atoms with van der Waals surface area (Å²) in [5.74, 6) is 0.576. The Balaban J connectivity index is 2.46. The zero-order chi connectivity index (χ0) is 14.0. The van der Waals surface area contributed by atoms with Gasteiger partial charge in [0, 0.05) is 11.1 Å². The fourth-order valence-electron chi connectivity index (χ4n) is 2.15. The van der Waals surface area contributed by atoms with E-state index in [1.807, 2.05) is 0 Å². The van der Waals surface area contributed by atoms with Crippen LogP contribution in [0.4, 0.5) is 5.82 Å². The van der Waals surface area contributed by atoms with Gasteiger partial charge in [-0.25, -0.2) is 9.97 Å². The van der Waals surface area contributed by atoms with Crippen LogP contribution in [0.25, 0.3) is 11.3 Å². The molecule has 0 bridgehead atoms. The minimum atomic E-state index is 0.164. The fourth-order valence-corrected chi connectivity index (χ4v) is 2.15. The van der Waals surface area contributed by atoms with Gasteiger partial charge in [0.2, 0.25) is 0 Å². The maximum absolute atomic E-state index is 5.92. The van der Waals surface area contributed by atoms with Crippen molar-refractivity contribution in [2.75, 3.05) is 5.73 Å². The molecule has 0 saturated carbocycles. The van der Waals surface area contributed by atoms with Crippen LogP contribution in [0.2, 0.25) is 0 Å². The Morgan fingerprint density at radius 1 is 1.05 bits per heavy atom. The second-order valence-corrected chi connectivity index (χ2v) is 5.77. The van der Waals surface area contributed by atoms with Gasteiger partial charge in [0.1, 0.15) is 12.1 Å². The molecule has 0 aliphatic carbocycles. The summed E-state index contributed by atoms with van der Waals surface area (Å²) in [4.78, 5) is 8.44. The molecule has 0 unspecified atom stereocenters. The minimum absolute atomic E-state index is 0.164. The number of benzene rings is 1. The highest BCUT2D eigenvalue weighted by Crippen LogP contribution is 2.28. The van der Waals surface area contributed by atoms with Crippen LogP contribution in [0.1, 0.15) is 38.8 Å². The zero-order valence-corrected chi connectivity index (χ0v) is 12.1. The molecule has 3 heteroatoms. The van der Waals surface area contributed by atoms with Crippen molar-refractivity contribution in [3.63, 3.8) is 0 Å². The molecule has 0 amide bonds. The number of nitrogens with two attached hydrogens (primary N) is 1. The number of nitrogen functional groups attached to an aromatic ring is 1. The highest BCUT2D eigenvalue weighted by Gasteiger charge is 2.14. The van der Waals surface area contributed by atoms with E-state index >= 15 is 0 Å². The van der Waals surface area contributed by atoms with Crippen LogP contribution in [0, 0.1) is 0 Å². The van der Waals surface area contributed by atoms with Gasteiger partial charge in [-0.1, -0.05) is 52.0 Å². The van der Waals surface area contributed by atoms with E-state index in [0.717, 1.165) is 23.2 Å². The van der Waals surface area contributed by atoms with Gasteiger partial charge in [-0.2, -0.15) is 0 Å². The van der Waals surface area contributed by atoms with E-state index in [1.54, 1.807) is 0 Å². The van der Waals surface area contributed by atoms with E-state index in [1.165, 1.54) is 11.9 Å². The average molecular weight is 255 g/mol. The lowest BCUT2D eigenvalue weighted by atomic mass is 9.86. The molecule has 0 fully saturated rings. The molecule has 2 aromatic rings. The highest BCUT2D eigenvalue weighted by atomic mass is 14.9. The molecule has 3 nitrogen and oxygen atoms in total. The standard InChI is InChI=1S/C16H21N3/c1-5-13-14(18-10-19-15(13)17)11-6-8-12(9-7-11)16(2,3)4/h6-10H,5H2,1-4H3,(H2,17,18,19). The summed E-state index contributed by atoms with van der Waals surface area (Å²) in [6.45, 7) is 8.70. The Morgan fingerprint density at radius 3 is 2.21 bits per heavy atom. The molecule has 2 N–H and O–H groups in total. The molecule has 0 saturated heterocycles. The summed E-state index contributed by atoms with van der Waals surface area (Å²) in [6, 6.07) is 8.54. The third-order valence-corrected chi connectivity index (χ3v) is 3.36. The molecule has 2 rings (SSSR count). The highest BCUT2D eigenvalue weighted by molar-refractivity contribution is 5.67. The summed E-state index contributed by atoms with van der Waals surface area (Å²) in [5.41, 5.74) is 10.5. The lowest BCUT2D eigenvalue weighted by Crippen LogP contribution is -2.10. The molecule has 19 heavy (non-hydrogen) atoms. The van der Waals surface area contributed by atoms with Crippen molar-refractivity contribution in [2.24, 2.45) is 0 Å². The molecule has 0 atom stereocenters. The normalized spacial score (nSPS) is 11.6. The Kier molecular flexibility index (Phi) is 3.56. The summed E-state index contributed by atoms with van der Waals surface area (Å²) < 4.78 is 0.